The molecule has 1 aliphatic carbocycles. The van der Waals surface area contributed by atoms with Gasteiger partial charge in [0.25, 0.3) is 0 Å². The zero-order chi connectivity index (χ0) is 18.8. The van der Waals surface area contributed by atoms with Crippen LogP contribution in [0.1, 0.15) is 25.7 Å². The number of hydrogen-bond donors (Lipinski definition) is 1. The van der Waals surface area contributed by atoms with Crippen LogP contribution >= 0.6 is 0 Å². The van der Waals surface area contributed by atoms with Crippen LogP contribution in [0, 0.1) is 11.8 Å². The fourth-order valence-corrected chi connectivity index (χ4v) is 3.98. The Morgan fingerprint density at radius 3 is 2.33 bits per heavy atom. The van der Waals surface area contributed by atoms with Gasteiger partial charge in [-0.25, -0.2) is 0 Å². The smallest absolute Gasteiger partial charge is 0.233 e. The van der Waals surface area contributed by atoms with Gasteiger partial charge in [0.15, 0.2) is 0 Å². The van der Waals surface area contributed by atoms with E-state index in [1.54, 1.807) is 0 Å². The minimum atomic E-state index is -0.200. The first kappa shape index (κ1) is 17.5. The van der Waals surface area contributed by atoms with Gasteiger partial charge in [0.1, 0.15) is 0 Å². The van der Waals surface area contributed by atoms with Gasteiger partial charge in [-0.15, -0.1) is 0 Å². The highest BCUT2D eigenvalue weighted by Crippen LogP contribution is 2.35. The summed E-state index contributed by atoms with van der Waals surface area (Å²) in [5.74, 6) is -0.667. The van der Waals surface area contributed by atoms with E-state index in [1.165, 1.54) is 4.90 Å². The summed E-state index contributed by atoms with van der Waals surface area (Å²) >= 11 is 0. The number of nitrogens with zero attached hydrogens (tertiary/aromatic N) is 1. The van der Waals surface area contributed by atoms with Crippen molar-refractivity contribution in [1.29, 1.82) is 0 Å². The minimum absolute atomic E-state index is 0.0794. The van der Waals surface area contributed by atoms with Gasteiger partial charge in [0.2, 0.25) is 17.7 Å². The first-order valence-electron chi connectivity index (χ1n) is 9.42. The number of nitrogens with one attached hydrogen (secondary N) is 1. The Bertz CT molecular complexity index is 908. The van der Waals surface area contributed by atoms with E-state index in [0.29, 0.717) is 25.8 Å². The van der Waals surface area contributed by atoms with Gasteiger partial charge in [-0.05, 0) is 42.2 Å². The topological polar surface area (TPSA) is 66.5 Å². The van der Waals surface area contributed by atoms with Crippen molar-refractivity contribution in [3.63, 3.8) is 0 Å². The average Bonchev–Trinajstić information content (AvgIpc) is 2.93. The molecule has 4 rings (SSSR count). The number of anilines is 1. The standard InChI is InChI=1S/C22H22N2O3/c25-20(23-17-12-11-15-6-1-2-7-16(15)14-17)10-5-13-24-21(26)18-8-3-4-9-19(18)22(24)27/h1-4,6-7,11-12,14,18-19H,5,8-10,13H2,(H,23,25)/t18-,19-/m1/s1. The van der Waals surface area contributed by atoms with E-state index in [-0.39, 0.29) is 36.0 Å². The van der Waals surface area contributed by atoms with Gasteiger partial charge in [0.05, 0.1) is 11.8 Å². The molecule has 0 aromatic heterocycles. The van der Waals surface area contributed by atoms with Crippen LogP contribution in [0.25, 0.3) is 10.8 Å². The van der Waals surface area contributed by atoms with Gasteiger partial charge in [0, 0.05) is 18.7 Å². The zero-order valence-corrected chi connectivity index (χ0v) is 15.1. The second-order valence-corrected chi connectivity index (χ2v) is 7.20. The lowest BCUT2D eigenvalue weighted by Crippen LogP contribution is -2.32. The summed E-state index contributed by atoms with van der Waals surface area (Å²) in [6, 6.07) is 13.8. The molecule has 0 spiro atoms. The van der Waals surface area contributed by atoms with Crippen LogP contribution in [0.2, 0.25) is 0 Å². The molecule has 1 saturated heterocycles. The molecule has 2 aliphatic rings. The Morgan fingerprint density at radius 1 is 0.963 bits per heavy atom. The van der Waals surface area contributed by atoms with Crippen molar-refractivity contribution in [2.75, 3.05) is 11.9 Å². The highest BCUT2D eigenvalue weighted by Gasteiger charge is 2.46. The van der Waals surface area contributed by atoms with Crippen molar-refractivity contribution in [2.24, 2.45) is 11.8 Å². The maximum absolute atomic E-state index is 12.4. The first-order chi connectivity index (χ1) is 13.1. The molecule has 2 atom stereocenters. The van der Waals surface area contributed by atoms with E-state index < -0.39 is 0 Å². The van der Waals surface area contributed by atoms with Gasteiger partial charge in [-0.2, -0.15) is 0 Å². The maximum atomic E-state index is 12.4. The van der Waals surface area contributed by atoms with Crippen LogP contribution in [-0.2, 0) is 14.4 Å². The molecule has 1 N–H and O–H groups in total. The second kappa shape index (κ2) is 7.35. The zero-order valence-electron chi connectivity index (χ0n) is 15.1. The molecular weight excluding hydrogens is 340 g/mol. The minimum Gasteiger partial charge on any atom is -0.326 e. The fourth-order valence-electron chi connectivity index (χ4n) is 3.98. The van der Waals surface area contributed by atoms with Crippen molar-refractivity contribution in [2.45, 2.75) is 25.7 Å². The van der Waals surface area contributed by atoms with E-state index in [4.69, 9.17) is 0 Å². The lowest BCUT2D eigenvalue weighted by atomic mass is 9.85. The molecule has 0 radical (unpaired) electrons. The largest absolute Gasteiger partial charge is 0.326 e. The molecule has 5 heteroatoms. The van der Waals surface area contributed by atoms with Crippen molar-refractivity contribution in [1.82, 2.24) is 4.90 Å². The number of allylic oxidation sites excluding steroid dienone is 2. The van der Waals surface area contributed by atoms with Crippen molar-refractivity contribution in [3.05, 3.63) is 54.6 Å². The van der Waals surface area contributed by atoms with Crippen molar-refractivity contribution < 1.29 is 14.4 Å². The van der Waals surface area contributed by atoms with E-state index >= 15 is 0 Å². The van der Waals surface area contributed by atoms with Crippen LogP contribution in [0.3, 0.4) is 0 Å². The summed E-state index contributed by atoms with van der Waals surface area (Å²) in [4.78, 5) is 38.4. The van der Waals surface area contributed by atoms with E-state index in [0.717, 1.165) is 16.5 Å². The molecular formula is C22H22N2O3. The normalized spacial score (nSPS) is 21.6. The van der Waals surface area contributed by atoms with E-state index in [1.807, 2.05) is 54.6 Å². The average molecular weight is 362 g/mol. The number of imide groups is 1. The maximum Gasteiger partial charge on any atom is 0.233 e. The van der Waals surface area contributed by atoms with Crippen LogP contribution in [0.4, 0.5) is 5.69 Å². The summed E-state index contributed by atoms with van der Waals surface area (Å²) in [7, 11) is 0. The number of carbonyl (C=O) groups excluding carboxylic acids is 3. The van der Waals surface area contributed by atoms with Crippen molar-refractivity contribution >= 4 is 34.2 Å². The summed E-state index contributed by atoms with van der Waals surface area (Å²) in [6.45, 7) is 0.315. The molecule has 1 fully saturated rings. The first-order valence-corrected chi connectivity index (χ1v) is 9.42. The molecule has 2 aromatic rings. The van der Waals surface area contributed by atoms with E-state index in [9.17, 15) is 14.4 Å². The molecule has 27 heavy (non-hydrogen) atoms. The molecule has 0 unspecified atom stereocenters. The van der Waals surface area contributed by atoms with Crippen LogP contribution < -0.4 is 5.32 Å². The third kappa shape index (κ3) is 3.50. The molecule has 1 heterocycles. The number of benzene rings is 2. The summed E-state index contributed by atoms with van der Waals surface area (Å²) in [5, 5.41) is 5.09. The Labute approximate surface area is 158 Å². The molecule has 0 bridgehead atoms. The lowest BCUT2D eigenvalue weighted by Gasteiger charge is -2.14. The van der Waals surface area contributed by atoms with Crippen LogP contribution in [0.15, 0.2) is 54.6 Å². The number of fused-ring (bicyclic) bond motifs is 2. The van der Waals surface area contributed by atoms with Crippen molar-refractivity contribution in [3.8, 4) is 0 Å². The highest BCUT2D eigenvalue weighted by molar-refractivity contribution is 6.05. The van der Waals surface area contributed by atoms with Crippen LogP contribution in [-0.4, -0.2) is 29.2 Å². The SMILES string of the molecule is O=C(CCCN1C(=O)[C@@H]2CC=CC[C@H]2C1=O)Nc1ccc2ccccc2c1. The summed E-state index contributed by atoms with van der Waals surface area (Å²) in [6.07, 6.45) is 6.00. The Morgan fingerprint density at radius 2 is 1.63 bits per heavy atom. The fraction of sp³-hybridized carbons (Fsp3) is 0.318. The monoisotopic (exact) mass is 362 g/mol. The molecule has 1 aliphatic heterocycles. The molecule has 3 amide bonds. The quantitative estimate of drug-likeness (QED) is 0.654. The number of carbonyl (C=O) groups is 3. The molecule has 0 saturated carbocycles. The molecule has 5 nitrogen and oxygen atoms in total. The Hall–Kier alpha value is -2.95. The van der Waals surface area contributed by atoms with Gasteiger partial charge in [-0.1, -0.05) is 42.5 Å². The second-order valence-electron chi connectivity index (χ2n) is 7.20. The number of hydrogen-bond acceptors (Lipinski definition) is 3. The lowest BCUT2D eigenvalue weighted by molar-refractivity contribution is -0.140. The number of rotatable bonds is 5. The molecule has 138 valence electrons. The summed E-state index contributed by atoms with van der Waals surface area (Å²) < 4.78 is 0. The summed E-state index contributed by atoms with van der Waals surface area (Å²) in [5.41, 5.74) is 0.754. The van der Waals surface area contributed by atoms with E-state index in [2.05, 4.69) is 5.32 Å². The van der Waals surface area contributed by atoms with Gasteiger partial charge in [-0.3, -0.25) is 19.3 Å². The Balaban J connectivity index is 1.30. The van der Waals surface area contributed by atoms with Crippen LogP contribution in [0.5, 0.6) is 0 Å². The number of amides is 3. The third-order valence-electron chi connectivity index (χ3n) is 5.42. The number of likely N-dealkylation sites (tertiary alicyclic amines) is 1. The third-order valence-corrected chi connectivity index (χ3v) is 5.42. The predicted molar refractivity (Wildman–Crippen MR) is 104 cm³/mol. The Kier molecular flexibility index (Phi) is 4.75. The van der Waals surface area contributed by atoms with Gasteiger partial charge >= 0.3 is 0 Å². The highest BCUT2D eigenvalue weighted by atomic mass is 16.2. The van der Waals surface area contributed by atoms with Gasteiger partial charge < -0.3 is 5.32 Å². The predicted octanol–water partition coefficient (Wildman–Crippen LogP) is 3.51. The molecule has 2 aromatic carbocycles.